The van der Waals surface area contributed by atoms with Gasteiger partial charge in [-0.2, -0.15) is 0 Å². The summed E-state index contributed by atoms with van der Waals surface area (Å²) >= 11 is 0. The number of benzene rings is 1. The maximum Gasteiger partial charge on any atom is 0.0314 e. The molecule has 0 aromatic heterocycles. The minimum absolute atomic E-state index is 0.535. The molecule has 15 heavy (non-hydrogen) atoms. The Bertz CT molecular complexity index is 396. The van der Waals surface area contributed by atoms with Crippen molar-refractivity contribution in [3.8, 4) is 0 Å². The molecule has 0 heterocycles. The Labute approximate surface area is 90.6 Å². The van der Waals surface area contributed by atoms with E-state index in [2.05, 4.69) is 36.5 Å². The van der Waals surface area contributed by atoms with Crippen LogP contribution < -0.4 is 5.73 Å². The Balaban J connectivity index is 2.02. The van der Waals surface area contributed by atoms with Crippen LogP contribution in [0.25, 0.3) is 6.08 Å². The maximum atomic E-state index is 5.62. The summed E-state index contributed by atoms with van der Waals surface area (Å²) in [5.74, 6) is 0.535. The van der Waals surface area contributed by atoms with Gasteiger partial charge in [-0.05, 0) is 30.0 Å². The van der Waals surface area contributed by atoms with E-state index in [0.717, 1.165) is 12.1 Å². The van der Waals surface area contributed by atoms with Gasteiger partial charge in [0.05, 0.1) is 0 Å². The number of hydrogen-bond acceptors (Lipinski definition) is 1. The Morgan fingerprint density at radius 2 is 1.93 bits per heavy atom. The average molecular weight is 197 g/mol. The lowest BCUT2D eigenvalue weighted by molar-refractivity contribution is 0.826. The van der Waals surface area contributed by atoms with Gasteiger partial charge in [-0.25, -0.2) is 0 Å². The largest absolute Gasteiger partial charge is 0.399 e. The minimum Gasteiger partial charge on any atom is -0.399 e. The van der Waals surface area contributed by atoms with Crippen molar-refractivity contribution in [2.45, 2.75) is 6.42 Å². The molecule has 0 saturated heterocycles. The van der Waals surface area contributed by atoms with Gasteiger partial charge in [-0.3, -0.25) is 0 Å². The molecule has 0 amide bonds. The molecule has 0 aliphatic heterocycles. The average Bonchev–Trinajstić information content (AvgIpc) is 2.30. The highest BCUT2D eigenvalue weighted by Crippen LogP contribution is 2.15. The smallest absolute Gasteiger partial charge is 0.0314 e. The summed E-state index contributed by atoms with van der Waals surface area (Å²) in [6.45, 7) is 0. The molecule has 0 radical (unpaired) electrons. The van der Waals surface area contributed by atoms with E-state index in [1.165, 1.54) is 5.56 Å². The van der Waals surface area contributed by atoms with Gasteiger partial charge >= 0.3 is 0 Å². The molecule has 1 aromatic carbocycles. The molecule has 0 saturated carbocycles. The molecular formula is C14H15N. The second-order valence-electron chi connectivity index (χ2n) is 3.74. The molecule has 76 valence electrons. The van der Waals surface area contributed by atoms with E-state index < -0.39 is 0 Å². The highest BCUT2D eigenvalue weighted by Gasteiger charge is 1.99. The summed E-state index contributed by atoms with van der Waals surface area (Å²) in [6.07, 6.45) is 14.1. The fourth-order valence-electron chi connectivity index (χ4n) is 1.58. The van der Waals surface area contributed by atoms with Crippen molar-refractivity contribution in [1.82, 2.24) is 0 Å². The maximum absolute atomic E-state index is 5.62. The predicted molar refractivity (Wildman–Crippen MR) is 66.3 cm³/mol. The SMILES string of the molecule is Nc1ccc(/C=C/C2C=CC=CC2)cc1. The molecule has 1 nitrogen and oxygen atoms in total. The molecule has 0 spiro atoms. The number of anilines is 1. The number of hydrogen-bond donors (Lipinski definition) is 1. The molecule has 1 aliphatic carbocycles. The van der Waals surface area contributed by atoms with Gasteiger partial charge in [0.2, 0.25) is 0 Å². The molecule has 0 fully saturated rings. The van der Waals surface area contributed by atoms with Crippen LogP contribution in [0.3, 0.4) is 0 Å². The van der Waals surface area contributed by atoms with Crippen LogP contribution in [0.4, 0.5) is 5.69 Å². The number of nitrogens with two attached hydrogens (primary N) is 1. The zero-order valence-corrected chi connectivity index (χ0v) is 8.64. The third kappa shape index (κ3) is 2.84. The lowest BCUT2D eigenvalue weighted by Crippen LogP contribution is -1.91. The monoisotopic (exact) mass is 197 g/mol. The normalized spacial score (nSPS) is 19.9. The van der Waals surface area contributed by atoms with Crippen LogP contribution in [0.15, 0.2) is 54.6 Å². The van der Waals surface area contributed by atoms with Crippen LogP contribution in [-0.4, -0.2) is 0 Å². The van der Waals surface area contributed by atoms with Gasteiger partial charge < -0.3 is 5.73 Å². The van der Waals surface area contributed by atoms with Gasteiger partial charge in [-0.15, -0.1) is 0 Å². The minimum atomic E-state index is 0.535. The molecule has 2 rings (SSSR count). The lowest BCUT2D eigenvalue weighted by Gasteiger charge is -2.06. The molecule has 2 N–H and O–H groups in total. The van der Waals surface area contributed by atoms with Crippen molar-refractivity contribution in [1.29, 1.82) is 0 Å². The number of rotatable bonds is 2. The van der Waals surface area contributed by atoms with Gasteiger partial charge in [0.15, 0.2) is 0 Å². The highest BCUT2D eigenvalue weighted by atomic mass is 14.5. The zero-order chi connectivity index (χ0) is 10.5. The van der Waals surface area contributed by atoms with Crippen LogP contribution >= 0.6 is 0 Å². The van der Waals surface area contributed by atoms with Crippen LogP contribution in [0.5, 0.6) is 0 Å². The highest BCUT2D eigenvalue weighted by molar-refractivity contribution is 5.53. The van der Waals surface area contributed by atoms with Crippen molar-refractivity contribution < 1.29 is 0 Å². The molecule has 1 atom stereocenters. The Kier molecular flexibility index (Phi) is 3.03. The number of nitrogen functional groups attached to an aromatic ring is 1. The molecular weight excluding hydrogens is 182 g/mol. The first-order valence-electron chi connectivity index (χ1n) is 5.22. The zero-order valence-electron chi connectivity index (χ0n) is 8.64. The molecule has 1 aliphatic rings. The van der Waals surface area contributed by atoms with Crippen molar-refractivity contribution >= 4 is 11.8 Å². The first-order valence-corrected chi connectivity index (χ1v) is 5.22. The van der Waals surface area contributed by atoms with Crippen molar-refractivity contribution in [2.75, 3.05) is 5.73 Å². The molecule has 0 bridgehead atoms. The van der Waals surface area contributed by atoms with E-state index in [-0.39, 0.29) is 0 Å². The van der Waals surface area contributed by atoms with E-state index >= 15 is 0 Å². The van der Waals surface area contributed by atoms with E-state index in [1.807, 2.05) is 24.3 Å². The van der Waals surface area contributed by atoms with E-state index in [0.29, 0.717) is 5.92 Å². The quantitative estimate of drug-likeness (QED) is 0.722. The molecule has 1 heteroatoms. The topological polar surface area (TPSA) is 26.0 Å². The van der Waals surface area contributed by atoms with Crippen molar-refractivity contribution in [3.63, 3.8) is 0 Å². The predicted octanol–water partition coefficient (Wildman–Crippen LogP) is 3.41. The summed E-state index contributed by atoms with van der Waals surface area (Å²) < 4.78 is 0. The first kappa shape index (κ1) is 9.78. The summed E-state index contributed by atoms with van der Waals surface area (Å²) in [5.41, 5.74) is 7.63. The van der Waals surface area contributed by atoms with Gasteiger partial charge in [0, 0.05) is 5.69 Å². The van der Waals surface area contributed by atoms with E-state index in [9.17, 15) is 0 Å². The van der Waals surface area contributed by atoms with Gasteiger partial charge in [-0.1, -0.05) is 48.6 Å². The second-order valence-corrected chi connectivity index (χ2v) is 3.74. The number of allylic oxidation sites excluding steroid dienone is 5. The third-order valence-corrected chi connectivity index (χ3v) is 2.49. The van der Waals surface area contributed by atoms with Gasteiger partial charge in [0.1, 0.15) is 0 Å². The van der Waals surface area contributed by atoms with Crippen molar-refractivity contribution in [2.24, 2.45) is 5.92 Å². The standard InChI is InChI=1S/C14H15N/c15-14-10-8-13(9-11-14)7-6-12-4-2-1-3-5-12/h1-4,6-12H,5,15H2/b7-6+. The lowest BCUT2D eigenvalue weighted by atomic mass is 9.99. The van der Waals surface area contributed by atoms with Crippen LogP contribution in [0, 0.1) is 5.92 Å². The summed E-state index contributed by atoms with van der Waals surface area (Å²) in [6, 6.07) is 7.93. The Morgan fingerprint density at radius 3 is 2.60 bits per heavy atom. The van der Waals surface area contributed by atoms with Crippen molar-refractivity contribution in [3.05, 3.63) is 60.2 Å². The van der Waals surface area contributed by atoms with E-state index in [4.69, 9.17) is 5.73 Å². The molecule has 1 unspecified atom stereocenters. The van der Waals surface area contributed by atoms with Gasteiger partial charge in [0.25, 0.3) is 0 Å². The van der Waals surface area contributed by atoms with Crippen LogP contribution in [0.1, 0.15) is 12.0 Å². The summed E-state index contributed by atoms with van der Waals surface area (Å²) in [7, 11) is 0. The first-order chi connectivity index (χ1) is 7.34. The summed E-state index contributed by atoms with van der Waals surface area (Å²) in [5, 5.41) is 0. The Hall–Kier alpha value is -1.76. The van der Waals surface area contributed by atoms with Crippen LogP contribution in [0.2, 0.25) is 0 Å². The van der Waals surface area contributed by atoms with E-state index in [1.54, 1.807) is 0 Å². The second kappa shape index (κ2) is 4.65. The third-order valence-electron chi connectivity index (χ3n) is 2.49. The van der Waals surface area contributed by atoms with Crippen LogP contribution in [-0.2, 0) is 0 Å². The fraction of sp³-hybridized carbons (Fsp3) is 0.143. The Morgan fingerprint density at radius 1 is 1.13 bits per heavy atom. The molecule has 1 aromatic rings. The summed E-state index contributed by atoms with van der Waals surface area (Å²) in [4.78, 5) is 0. The fourth-order valence-corrected chi connectivity index (χ4v) is 1.58.